The molecule has 0 unspecified atom stereocenters. The van der Waals surface area contributed by atoms with Gasteiger partial charge in [0.2, 0.25) is 5.91 Å². The van der Waals surface area contributed by atoms with Crippen molar-refractivity contribution < 1.29 is 14.3 Å². The van der Waals surface area contributed by atoms with E-state index in [4.69, 9.17) is 4.74 Å². The Labute approximate surface area is 204 Å². The zero-order valence-electron chi connectivity index (χ0n) is 20.0. The summed E-state index contributed by atoms with van der Waals surface area (Å²) >= 11 is 1.37. The van der Waals surface area contributed by atoms with Gasteiger partial charge in [-0.1, -0.05) is 0 Å². The number of ether oxygens (including phenoxy) is 1. The first-order chi connectivity index (χ1) is 16.3. The van der Waals surface area contributed by atoms with Crippen LogP contribution >= 0.6 is 11.3 Å². The highest BCUT2D eigenvalue weighted by Crippen LogP contribution is 2.34. The van der Waals surface area contributed by atoms with Gasteiger partial charge in [0.15, 0.2) is 5.13 Å². The molecule has 10 heteroatoms. The number of pyridine rings is 1. The molecule has 0 spiro atoms. The summed E-state index contributed by atoms with van der Waals surface area (Å²) in [5.74, 6) is -0.240. The zero-order valence-corrected chi connectivity index (χ0v) is 20.8. The van der Waals surface area contributed by atoms with Gasteiger partial charge in [0, 0.05) is 50.3 Å². The van der Waals surface area contributed by atoms with Crippen molar-refractivity contribution in [1.82, 2.24) is 19.8 Å². The van der Waals surface area contributed by atoms with E-state index in [1.807, 2.05) is 32.2 Å². The fourth-order valence-electron chi connectivity index (χ4n) is 4.44. The number of nitrogens with one attached hydrogen (secondary N) is 1. The Morgan fingerprint density at radius 2 is 1.88 bits per heavy atom. The molecular weight excluding hydrogens is 452 g/mol. The Kier molecular flexibility index (Phi) is 6.20. The molecule has 34 heavy (non-hydrogen) atoms. The quantitative estimate of drug-likeness (QED) is 0.695. The van der Waals surface area contributed by atoms with E-state index in [0.29, 0.717) is 18.1 Å². The molecule has 4 heterocycles. The van der Waals surface area contributed by atoms with Crippen molar-refractivity contribution in [3.05, 3.63) is 23.7 Å². The highest BCUT2D eigenvalue weighted by atomic mass is 32.1. The number of nitrogens with zero attached hydrogens (tertiary/aromatic N) is 5. The van der Waals surface area contributed by atoms with Crippen LogP contribution in [0.15, 0.2) is 23.7 Å². The SMILES string of the molecule is CC(C)(C)OC(=O)N1CC[C@H]1C(=O)Nc1nc(-c2ncccc2N2CCN(C3CC3)CC2)cs1. The van der Waals surface area contributed by atoms with Gasteiger partial charge in [0.25, 0.3) is 0 Å². The molecule has 1 atom stereocenters. The van der Waals surface area contributed by atoms with E-state index in [1.54, 1.807) is 6.20 Å². The number of anilines is 2. The van der Waals surface area contributed by atoms with E-state index in [9.17, 15) is 9.59 Å². The van der Waals surface area contributed by atoms with Gasteiger partial charge >= 0.3 is 6.09 Å². The van der Waals surface area contributed by atoms with Crippen LogP contribution in [0.5, 0.6) is 0 Å². The summed E-state index contributed by atoms with van der Waals surface area (Å²) < 4.78 is 5.41. The fraction of sp³-hybridized carbons (Fsp3) is 0.583. The predicted octanol–water partition coefficient (Wildman–Crippen LogP) is 3.44. The highest BCUT2D eigenvalue weighted by molar-refractivity contribution is 7.14. The molecule has 5 rings (SSSR count). The maximum absolute atomic E-state index is 12.8. The second-order valence-corrected chi connectivity index (χ2v) is 11.0. The Balaban J connectivity index is 1.23. The topological polar surface area (TPSA) is 90.9 Å². The molecule has 3 fully saturated rings. The van der Waals surface area contributed by atoms with Gasteiger partial charge in [-0.15, -0.1) is 11.3 Å². The number of hydrogen-bond donors (Lipinski definition) is 1. The van der Waals surface area contributed by atoms with Crippen molar-refractivity contribution in [3.8, 4) is 11.4 Å². The summed E-state index contributed by atoms with van der Waals surface area (Å²) in [6.07, 6.45) is 4.60. The van der Waals surface area contributed by atoms with Crippen molar-refractivity contribution in [3.63, 3.8) is 0 Å². The maximum atomic E-state index is 12.8. The molecule has 2 amide bonds. The van der Waals surface area contributed by atoms with Gasteiger partial charge in [0.1, 0.15) is 23.0 Å². The first kappa shape index (κ1) is 23.0. The molecule has 1 aliphatic carbocycles. The first-order valence-electron chi connectivity index (χ1n) is 12.0. The van der Waals surface area contributed by atoms with E-state index >= 15 is 0 Å². The third-order valence-electron chi connectivity index (χ3n) is 6.43. The molecule has 9 nitrogen and oxygen atoms in total. The molecule has 182 valence electrons. The molecule has 1 N–H and O–H groups in total. The Morgan fingerprint density at radius 3 is 2.53 bits per heavy atom. The van der Waals surface area contributed by atoms with Crippen LogP contribution in [-0.2, 0) is 9.53 Å². The third-order valence-corrected chi connectivity index (χ3v) is 7.19. The summed E-state index contributed by atoms with van der Waals surface area (Å²) in [5, 5.41) is 5.31. The molecule has 0 aromatic carbocycles. The van der Waals surface area contributed by atoms with Gasteiger partial charge in [0.05, 0.1) is 5.69 Å². The number of amides is 2. The molecule has 0 bridgehead atoms. The number of carbonyl (C=O) groups excluding carboxylic acids is 2. The largest absolute Gasteiger partial charge is 0.444 e. The van der Waals surface area contributed by atoms with Crippen molar-refractivity contribution >= 4 is 34.2 Å². The summed E-state index contributed by atoms with van der Waals surface area (Å²) in [4.78, 5) is 40.9. The molecule has 0 radical (unpaired) electrons. The lowest BCUT2D eigenvalue weighted by molar-refractivity contribution is -0.125. The lowest BCUT2D eigenvalue weighted by Crippen LogP contribution is -2.57. The zero-order chi connectivity index (χ0) is 23.9. The van der Waals surface area contributed by atoms with Crippen molar-refractivity contribution in [2.24, 2.45) is 0 Å². The van der Waals surface area contributed by atoms with Crippen LogP contribution in [0.2, 0.25) is 0 Å². The lowest BCUT2D eigenvalue weighted by atomic mass is 10.0. The summed E-state index contributed by atoms with van der Waals surface area (Å²) in [6, 6.07) is 4.32. The summed E-state index contributed by atoms with van der Waals surface area (Å²) in [7, 11) is 0. The first-order valence-corrected chi connectivity index (χ1v) is 12.9. The number of likely N-dealkylation sites (tertiary alicyclic amines) is 1. The van der Waals surface area contributed by atoms with Gasteiger partial charge < -0.3 is 15.0 Å². The number of piperazine rings is 1. The molecule has 1 saturated carbocycles. The van der Waals surface area contributed by atoms with Crippen LogP contribution in [0.4, 0.5) is 15.6 Å². The maximum Gasteiger partial charge on any atom is 0.410 e. The molecule has 2 aromatic rings. The number of rotatable bonds is 5. The molecular formula is C24H32N6O3S. The van der Waals surface area contributed by atoms with Gasteiger partial charge in [-0.3, -0.25) is 19.6 Å². The van der Waals surface area contributed by atoms with E-state index in [-0.39, 0.29) is 5.91 Å². The Morgan fingerprint density at radius 1 is 1.12 bits per heavy atom. The Hall–Kier alpha value is -2.72. The van der Waals surface area contributed by atoms with Crippen LogP contribution in [0, 0.1) is 0 Å². The normalized spacial score (nSPS) is 21.2. The molecule has 2 saturated heterocycles. The smallest absolute Gasteiger partial charge is 0.410 e. The van der Waals surface area contributed by atoms with Crippen molar-refractivity contribution in [2.45, 2.75) is 57.7 Å². The fourth-order valence-corrected chi connectivity index (χ4v) is 5.14. The summed E-state index contributed by atoms with van der Waals surface area (Å²) in [5.41, 5.74) is 2.07. The second-order valence-electron chi connectivity index (χ2n) is 10.1. The van der Waals surface area contributed by atoms with Crippen LogP contribution in [-0.4, -0.2) is 82.2 Å². The number of thiazole rings is 1. The number of aromatic nitrogens is 2. The van der Waals surface area contributed by atoms with Gasteiger partial charge in [-0.2, -0.15) is 0 Å². The minimum absolute atomic E-state index is 0.240. The van der Waals surface area contributed by atoms with E-state index in [1.165, 1.54) is 29.1 Å². The Bertz CT molecular complexity index is 1050. The van der Waals surface area contributed by atoms with Crippen molar-refractivity contribution in [2.75, 3.05) is 42.9 Å². The van der Waals surface area contributed by atoms with Gasteiger partial charge in [-0.25, -0.2) is 9.78 Å². The molecule has 2 aliphatic heterocycles. The monoisotopic (exact) mass is 484 g/mol. The lowest BCUT2D eigenvalue weighted by Gasteiger charge is -2.39. The van der Waals surface area contributed by atoms with E-state index in [2.05, 4.69) is 31.2 Å². The van der Waals surface area contributed by atoms with Crippen molar-refractivity contribution in [1.29, 1.82) is 0 Å². The van der Waals surface area contributed by atoms with Gasteiger partial charge in [-0.05, 0) is 52.2 Å². The minimum atomic E-state index is -0.594. The van der Waals surface area contributed by atoms with Crippen LogP contribution < -0.4 is 10.2 Å². The number of carbonyl (C=O) groups is 2. The number of hydrogen-bond acceptors (Lipinski definition) is 8. The van der Waals surface area contributed by atoms with E-state index in [0.717, 1.165) is 49.3 Å². The van der Waals surface area contributed by atoms with Crippen LogP contribution in [0.3, 0.4) is 0 Å². The van der Waals surface area contributed by atoms with Crippen LogP contribution in [0.1, 0.15) is 40.0 Å². The average Bonchev–Trinajstić information content (AvgIpc) is 3.51. The molecule has 2 aromatic heterocycles. The second kappa shape index (κ2) is 9.14. The third kappa shape index (κ3) is 5.02. The summed E-state index contributed by atoms with van der Waals surface area (Å²) in [6.45, 7) is 10.1. The average molecular weight is 485 g/mol. The predicted molar refractivity (Wildman–Crippen MR) is 132 cm³/mol. The minimum Gasteiger partial charge on any atom is -0.444 e. The molecule has 3 aliphatic rings. The highest BCUT2D eigenvalue weighted by Gasteiger charge is 2.40. The van der Waals surface area contributed by atoms with E-state index < -0.39 is 17.7 Å². The standard InChI is InChI=1S/C24H32N6O3S/c1-24(2,3)33-23(32)30-10-8-19(30)21(31)27-22-26-17(15-34-22)20-18(5-4-9-25-20)29-13-11-28(12-14-29)16-6-7-16/h4-5,9,15-16,19H,6-8,10-14H2,1-3H3,(H,26,27,31)/t19-/m0/s1. The van der Waals surface area contributed by atoms with Crippen LogP contribution in [0.25, 0.3) is 11.4 Å².